The first kappa shape index (κ1) is 21.5. The maximum Gasteiger partial charge on any atom is 0.337 e. The number of imidazole rings is 1. The molecule has 1 aliphatic heterocycles. The van der Waals surface area contributed by atoms with Crippen LogP contribution in [0.4, 0.5) is 8.78 Å². The van der Waals surface area contributed by atoms with Crippen molar-refractivity contribution in [2.75, 3.05) is 6.61 Å². The third-order valence-corrected chi connectivity index (χ3v) is 6.13. The van der Waals surface area contributed by atoms with Gasteiger partial charge >= 0.3 is 5.69 Å². The Morgan fingerprint density at radius 1 is 1.15 bits per heavy atom. The Bertz CT molecular complexity index is 1470. The second-order valence-corrected chi connectivity index (χ2v) is 8.31. The molecule has 1 atom stereocenters. The average molecular weight is 473 g/mol. The van der Waals surface area contributed by atoms with Crippen LogP contribution >= 0.6 is 11.6 Å². The summed E-state index contributed by atoms with van der Waals surface area (Å²) in [7, 11) is 0. The summed E-state index contributed by atoms with van der Waals surface area (Å²) in [4.78, 5) is 31.1. The van der Waals surface area contributed by atoms with Crippen LogP contribution in [-0.2, 0) is 17.8 Å². The molecule has 2 aromatic carbocycles. The van der Waals surface area contributed by atoms with Gasteiger partial charge in [-0.3, -0.25) is 9.36 Å². The van der Waals surface area contributed by atoms with Crippen LogP contribution in [-0.4, -0.2) is 31.4 Å². The largest absolute Gasteiger partial charge is 0.376 e. The molecule has 2 aromatic heterocycles. The number of halogens is 3. The molecule has 1 unspecified atom stereocenters. The number of rotatable bonds is 5. The van der Waals surface area contributed by atoms with E-state index in [2.05, 4.69) is 4.98 Å². The maximum atomic E-state index is 14.7. The number of aromatic nitrogens is 4. The Labute approximate surface area is 191 Å². The number of benzene rings is 2. The number of hydrogen-bond acceptors (Lipinski definition) is 4. The topological polar surface area (TPSA) is 71.0 Å². The molecule has 1 aliphatic rings. The summed E-state index contributed by atoms with van der Waals surface area (Å²) < 4.78 is 37.5. The molecule has 3 heterocycles. The van der Waals surface area contributed by atoms with Crippen molar-refractivity contribution < 1.29 is 13.5 Å². The van der Waals surface area contributed by atoms with E-state index in [1.807, 2.05) is 12.1 Å². The molecule has 170 valence electrons. The van der Waals surface area contributed by atoms with Crippen molar-refractivity contribution in [3.8, 4) is 5.69 Å². The highest BCUT2D eigenvalue weighted by Gasteiger charge is 2.24. The summed E-state index contributed by atoms with van der Waals surface area (Å²) in [5.74, 6) is -1.72. The fourth-order valence-corrected chi connectivity index (χ4v) is 4.34. The quantitative estimate of drug-likeness (QED) is 0.445. The molecule has 0 bridgehead atoms. The molecule has 0 N–H and O–H groups in total. The van der Waals surface area contributed by atoms with Gasteiger partial charge in [0.1, 0.15) is 11.6 Å². The second kappa shape index (κ2) is 8.57. The first-order valence-corrected chi connectivity index (χ1v) is 10.8. The Hall–Kier alpha value is -3.30. The summed E-state index contributed by atoms with van der Waals surface area (Å²) in [6, 6.07) is 10.0. The third-order valence-electron chi connectivity index (χ3n) is 5.76. The van der Waals surface area contributed by atoms with Crippen LogP contribution in [0, 0.1) is 11.6 Å². The Morgan fingerprint density at radius 2 is 1.97 bits per heavy atom. The van der Waals surface area contributed by atoms with Gasteiger partial charge in [-0.25, -0.2) is 23.1 Å². The highest BCUT2D eigenvalue weighted by atomic mass is 35.5. The minimum absolute atomic E-state index is 0.0215. The fourth-order valence-electron chi connectivity index (χ4n) is 4.14. The lowest BCUT2D eigenvalue weighted by molar-refractivity contribution is 0.0950. The van der Waals surface area contributed by atoms with Crippen LogP contribution in [0.1, 0.15) is 18.4 Å². The second-order valence-electron chi connectivity index (χ2n) is 7.90. The standard InChI is InChI=1S/C23H19ClF2N4O3/c24-17-6-2-1-4-14(17)11-28-13-27-21-20(28)22(31)29(12-16-5-3-9-33-16)23(32)30(21)19-8-7-15(25)10-18(19)26/h1-2,4,6-8,10,13,16H,3,5,9,11-12H2. The van der Waals surface area contributed by atoms with Gasteiger partial charge in [0.05, 0.1) is 31.2 Å². The number of fused-ring (bicyclic) bond motifs is 1. The van der Waals surface area contributed by atoms with Crippen molar-refractivity contribution >= 4 is 22.8 Å². The van der Waals surface area contributed by atoms with Gasteiger partial charge in [0.25, 0.3) is 5.56 Å². The van der Waals surface area contributed by atoms with Crippen molar-refractivity contribution in [1.82, 2.24) is 18.7 Å². The molecule has 7 nitrogen and oxygen atoms in total. The van der Waals surface area contributed by atoms with Crippen molar-refractivity contribution in [3.05, 3.63) is 91.9 Å². The molecule has 0 saturated carbocycles. The van der Waals surface area contributed by atoms with E-state index in [1.54, 1.807) is 16.7 Å². The van der Waals surface area contributed by atoms with Crippen molar-refractivity contribution in [2.45, 2.75) is 32.0 Å². The van der Waals surface area contributed by atoms with Crippen LogP contribution in [0.2, 0.25) is 5.02 Å². The minimum atomic E-state index is -0.943. The first-order valence-electron chi connectivity index (χ1n) is 10.4. The molecule has 33 heavy (non-hydrogen) atoms. The molecular formula is C23H19ClF2N4O3. The number of hydrogen-bond donors (Lipinski definition) is 0. The predicted octanol–water partition coefficient (Wildman–Crippen LogP) is 3.51. The van der Waals surface area contributed by atoms with Gasteiger partial charge in [-0.05, 0) is 36.6 Å². The van der Waals surface area contributed by atoms with E-state index in [1.165, 1.54) is 6.33 Å². The van der Waals surface area contributed by atoms with Gasteiger partial charge in [0.2, 0.25) is 0 Å². The highest BCUT2D eigenvalue weighted by Crippen LogP contribution is 2.21. The molecule has 5 rings (SSSR count). The lowest BCUT2D eigenvalue weighted by Crippen LogP contribution is -2.42. The first-order chi connectivity index (χ1) is 15.9. The smallest absolute Gasteiger partial charge is 0.337 e. The molecule has 0 aliphatic carbocycles. The van der Waals surface area contributed by atoms with E-state index >= 15 is 0 Å². The zero-order chi connectivity index (χ0) is 23.1. The van der Waals surface area contributed by atoms with E-state index in [4.69, 9.17) is 16.3 Å². The molecule has 1 fully saturated rings. The third kappa shape index (κ3) is 3.87. The average Bonchev–Trinajstić information content (AvgIpc) is 3.44. The molecule has 4 aromatic rings. The summed E-state index contributed by atoms with van der Waals surface area (Å²) in [5.41, 5.74) is -0.697. The van der Waals surface area contributed by atoms with Gasteiger partial charge < -0.3 is 9.30 Å². The van der Waals surface area contributed by atoms with Gasteiger partial charge in [0.15, 0.2) is 11.2 Å². The van der Waals surface area contributed by atoms with Gasteiger partial charge in [0, 0.05) is 17.7 Å². The monoisotopic (exact) mass is 472 g/mol. The zero-order valence-corrected chi connectivity index (χ0v) is 18.1. The Kier molecular flexibility index (Phi) is 5.59. The van der Waals surface area contributed by atoms with Crippen molar-refractivity contribution in [1.29, 1.82) is 0 Å². The summed E-state index contributed by atoms with van der Waals surface area (Å²) in [5, 5.41) is 0.511. The lowest BCUT2D eigenvalue weighted by Gasteiger charge is -2.16. The minimum Gasteiger partial charge on any atom is -0.376 e. The fraction of sp³-hybridized carbons (Fsp3) is 0.261. The van der Waals surface area contributed by atoms with Gasteiger partial charge in [-0.1, -0.05) is 29.8 Å². The Morgan fingerprint density at radius 3 is 2.70 bits per heavy atom. The summed E-state index contributed by atoms with van der Waals surface area (Å²) in [6.45, 7) is 0.788. The Balaban J connectivity index is 1.76. The summed E-state index contributed by atoms with van der Waals surface area (Å²) >= 11 is 6.29. The SMILES string of the molecule is O=c1c2c(ncn2Cc2ccccc2Cl)n(-c2ccc(F)cc2F)c(=O)n1CC1CCCO1. The van der Waals surface area contributed by atoms with Crippen molar-refractivity contribution in [2.24, 2.45) is 0 Å². The predicted molar refractivity (Wildman–Crippen MR) is 119 cm³/mol. The van der Waals surface area contributed by atoms with Crippen LogP contribution in [0.3, 0.4) is 0 Å². The van der Waals surface area contributed by atoms with Crippen LogP contribution < -0.4 is 11.2 Å². The van der Waals surface area contributed by atoms with E-state index in [-0.39, 0.29) is 36.0 Å². The summed E-state index contributed by atoms with van der Waals surface area (Å²) in [6.07, 6.45) is 2.63. The van der Waals surface area contributed by atoms with Gasteiger partial charge in [-0.2, -0.15) is 0 Å². The van der Waals surface area contributed by atoms with Crippen molar-refractivity contribution in [3.63, 3.8) is 0 Å². The van der Waals surface area contributed by atoms with Crippen LogP contribution in [0.25, 0.3) is 16.9 Å². The number of ether oxygens (including phenoxy) is 1. The van der Waals surface area contributed by atoms with E-state index in [0.717, 1.165) is 33.3 Å². The number of nitrogens with zero attached hydrogens (tertiary/aromatic N) is 4. The van der Waals surface area contributed by atoms with E-state index < -0.39 is 22.9 Å². The van der Waals surface area contributed by atoms with Crippen LogP contribution in [0.15, 0.2) is 58.4 Å². The molecule has 0 amide bonds. The maximum absolute atomic E-state index is 14.7. The normalized spacial score (nSPS) is 16.0. The van der Waals surface area contributed by atoms with E-state index in [0.29, 0.717) is 24.1 Å². The molecule has 0 radical (unpaired) electrons. The van der Waals surface area contributed by atoms with Crippen LogP contribution in [0.5, 0.6) is 0 Å². The molecule has 1 saturated heterocycles. The molecular weight excluding hydrogens is 454 g/mol. The lowest BCUT2D eigenvalue weighted by atomic mass is 10.2. The molecule has 10 heteroatoms. The zero-order valence-electron chi connectivity index (χ0n) is 17.4. The highest BCUT2D eigenvalue weighted by molar-refractivity contribution is 6.31. The van der Waals surface area contributed by atoms with Gasteiger partial charge in [-0.15, -0.1) is 0 Å². The molecule has 0 spiro atoms. The van der Waals surface area contributed by atoms with E-state index in [9.17, 15) is 18.4 Å².